The molecule has 0 aromatic heterocycles. The van der Waals surface area contributed by atoms with E-state index in [1.165, 1.54) is 0 Å². The van der Waals surface area contributed by atoms with Crippen molar-refractivity contribution < 1.29 is 13.9 Å². The maximum absolute atomic E-state index is 13.6. The van der Waals surface area contributed by atoms with E-state index in [4.69, 9.17) is 0 Å². The Morgan fingerprint density at radius 2 is 1.72 bits per heavy atom. The Balaban J connectivity index is 2.24. The van der Waals surface area contributed by atoms with Crippen LogP contribution < -0.4 is 0 Å². The molecule has 0 spiro atoms. The minimum Gasteiger partial charge on any atom is -0.388 e. The van der Waals surface area contributed by atoms with Gasteiger partial charge in [-0.1, -0.05) is 30.3 Å². The van der Waals surface area contributed by atoms with E-state index in [1.54, 1.807) is 0 Å². The lowest BCUT2D eigenvalue weighted by atomic mass is 10.0. The Morgan fingerprint density at radius 3 is 2.39 bits per heavy atom. The van der Waals surface area contributed by atoms with E-state index in [1.807, 2.05) is 30.3 Å². The maximum Gasteiger partial charge on any atom is 0.137 e. The molecule has 2 rings (SSSR count). The fraction of sp³-hybridized carbons (Fsp3) is 0.143. The van der Waals surface area contributed by atoms with Crippen molar-refractivity contribution in [2.45, 2.75) is 12.5 Å². The van der Waals surface area contributed by atoms with Crippen LogP contribution in [0.5, 0.6) is 0 Å². The third-order valence-electron chi connectivity index (χ3n) is 2.67. The average molecular weight is 313 g/mol. The zero-order valence-electron chi connectivity index (χ0n) is 9.41. The van der Waals surface area contributed by atoms with Gasteiger partial charge in [-0.25, -0.2) is 8.78 Å². The molecule has 0 aliphatic carbocycles. The first-order chi connectivity index (χ1) is 8.58. The van der Waals surface area contributed by atoms with Crippen LogP contribution in [0.1, 0.15) is 17.2 Å². The van der Waals surface area contributed by atoms with Crippen molar-refractivity contribution in [3.05, 3.63) is 69.7 Å². The molecule has 1 nitrogen and oxygen atoms in total. The summed E-state index contributed by atoms with van der Waals surface area (Å²) in [5.41, 5.74) is 0.840. The molecule has 18 heavy (non-hydrogen) atoms. The Morgan fingerprint density at radius 1 is 1.06 bits per heavy atom. The van der Waals surface area contributed by atoms with Crippen molar-refractivity contribution >= 4 is 15.9 Å². The molecule has 0 amide bonds. The zero-order chi connectivity index (χ0) is 13.1. The average Bonchev–Trinajstić information content (AvgIpc) is 2.35. The van der Waals surface area contributed by atoms with Crippen LogP contribution in [0.25, 0.3) is 0 Å². The molecular weight excluding hydrogens is 302 g/mol. The third kappa shape index (κ3) is 2.94. The summed E-state index contributed by atoms with van der Waals surface area (Å²) in [4.78, 5) is 0. The number of benzene rings is 2. The number of aliphatic hydroxyl groups excluding tert-OH is 1. The number of rotatable bonds is 3. The van der Waals surface area contributed by atoms with Gasteiger partial charge in [0.15, 0.2) is 0 Å². The highest BCUT2D eigenvalue weighted by molar-refractivity contribution is 9.10. The minimum absolute atomic E-state index is 0.0282. The van der Waals surface area contributed by atoms with E-state index in [2.05, 4.69) is 15.9 Å². The predicted octanol–water partition coefficient (Wildman–Crippen LogP) is 4.00. The van der Waals surface area contributed by atoms with Crippen molar-refractivity contribution in [3.8, 4) is 0 Å². The third-order valence-corrected chi connectivity index (χ3v) is 3.28. The number of hydrogen-bond donors (Lipinski definition) is 1. The first-order valence-electron chi connectivity index (χ1n) is 5.44. The molecule has 2 aromatic carbocycles. The van der Waals surface area contributed by atoms with Crippen molar-refractivity contribution in [2.24, 2.45) is 0 Å². The van der Waals surface area contributed by atoms with E-state index in [0.717, 1.165) is 17.7 Å². The molecule has 0 bridgehead atoms. The lowest BCUT2D eigenvalue weighted by Crippen LogP contribution is -2.05. The summed E-state index contributed by atoms with van der Waals surface area (Å²) in [6.07, 6.45) is -0.811. The Bertz CT molecular complexity index is 543. The molecule has 1 N–H and O–H groups in total. The summed E-state index contributed by atoms with van der Waals surface area (Å²) in [5, 5.41) is 9.95. The summed E-state index contributed by atoms with van der Waals surface area (Å²) in [6.45, 7) is 0. The van der Waals surface area contributed by atoms with Crippen molar-refractivity contribution in [1.29, 1.82) is 0 Å². The number of halogens is 3. The number of hydrogen-bond acceptors (Lipinski definition) is 1. The van der Waals surface area contributed by atoms with E-state index >= 15 is 0 Å². The quantitative estimate of drug-likeness (QED) is 0.849. The highest BCUT2D eigenvalue weighted by Crippen LogP contribution is 2.26. The van der Waals surface area contributed by atoms with Gasteiger partial charge in [0.1, 0.15) is 11.6 Å². The zero-order valence-corrected chi connectivity index (χ0v) is 11.0. The van der Waals surface area contributed by atoms with Gasteiger partial charge in [0, 0.05) is 12.0 Å². The predicted molar refractivity (Wildman–Crippen MR) is 69.2 cm³/mol. The summed E-state index contributed by atoms with van der Waals surface area (Å²) >= 11 is 2.90. The normalized spacial score (nSPS) is 12.4. The summed E-state index contributed by atoms with van der Waals surface area (Å²) in [7, 11) is 0. The second-order valence-electron chi connectivity index (χ2n) is 3.99. The fourth-order valence-electron chi connectivity index (χ4n) is 1.74. The highest BCUT2D eigenvalue weighted by atomic mass is 79.9. The van der Waals surface area contributed by atoms with Crippen LogP contribution >= 0.6 is 15.9 Å². The molecule has 94 valence electrons. The second kappa shape index (κ2) is 5.59. The van der Waals surface area contributed by atoms with E-state index in [9.17, 15) is 13.9 Å². The van der Waals surface area contributed by atoms with Gasteiger partial charge in [-0.15, -0.1) is 0 Å². The van der Waals surface area contributed by atoms with Crippen LogP contribution in [-0.2, 0) is 6.42 Å². The van der Waals surface area contributed by atoms with Crippen LogP contribution in [0.4, 0.5) is 8.78 Å². The molecule has 1 atom stereocenters. The summed E-state index contributed by atoms with van der Waals surface area (Å²) in [5.74, 6) is -1.20. The molecule has 0 fully saturated rings. The van der Waals surface area contributed by atoms with Gasteiger partial charge in [0.2, 0.25) is 0 Å². The van der Waals surface area contributed by atoms with Gasteiger partial charge in [0.05, 0.1) is 10.6 Å². The van der Waals surface area contributed by atoms with Gasteiger partial charge >= 0.3 is 0 Å². The fourth-order valence-corrected chi connectivity index (χ4v) is 2.06. The molecule has 0 saturated heterocycles. The first kappa shape index (κ1) is 13.2. The maximum atomic E-state index is 13.6. The van der Waals surface area contributed by atoms with Crippen molar-refractivity contribution in [1.82, 2.24) is 0 Å². The van der Waals surface area contributed by atoms with E-state index in [0.29, 0.717) is 0 Å². The molecule has 0 aliphatic rings. The van der Waals surface area contributed by atoms with Crippen LogP contribution in [0.3, 0.4) is 0 Å². The molecule has 0 heterocycles. The number of aliphatic hydroxyl groups is 1. The molecule has 2 aromatic rings. The molecule has 1 unspecified atom stereocenters. The summed E-state index contributed by atoms with van der Waals surface area (Å²) < 4.78 is 27.0. The standard InChI is InChI=1S/C14H11BrF2O/c15-11-8-12(16)10(7-13(11)17)14(18)6-9-4-2-1-3-5-9/h1-5,7-8,14,18H,6H2. The van der Waals surface area contributed by atoms with Gasteiger partial charge < -0.3 is 5.11 Å². The largest absolute Gasteiger partial charge is 0.388 e. The molecular formula is C14H11BrF2O. The van der Waals surface area contributed by atoms with Crippen molar-refractivity contribution in [2.75, 3.05) is 0 Å². The van der Waals surface area contributed by atoms with Crippen LogP contribution in [0.2, 0.25) is 0 Å². The Hall–Kier alpha value is -1.26. The van der Waals surface area contributed by atoms with Gasteiger partial charge in [-0.3, -0.25) is 0 Å². The van der Waals surface area contributed by atoms with Gasteiger partial charge in [-0.05, 0) is 33.6 Å². The smallest absolute Gasteiger partial charge is 0.137 e. The Kier molecular flexibility index (Phi) is 4.09. The van der Waals surface area contributed by atoms with Gasteiger partial charge in [-0.2, -0.15) is 0 Å². The molecule has 4 heteroatoms. The molecule has 0 radical (unpaired) electrons. The van der Waals surface area contributed by atoms with Crippen LogP contribution in [0.15, 0.2) is 46.9 Å². The highest BCUT2D eigenvalue weighted by Gasteiger charge is 2.16. The Labute approximate surface area is 112 Å². The monoisotopic (exact) mass is 312 g/mol. The van der Waals surface area contributed by atoms with Crippen LogP contribution in [-0.4, -0.2) is 5.11 Å². The SMILES string of the molecule is OC(Cc1ccccc1)c1cc(F)c(Br)cc1F. The lowest BCUT2D eigenvalue weighted by Gasteiger charge is -2.12. The topological polar surface area (TPSA) is 20.2 Å². The van der Waals surface area contributed by atoms with E-state index < -0.39 is 17.7 Å². The molecule has 0 saturated carbocycles. The minimum atomic E-state index is -1.06. The van der Waals surface area contributed by atoms with Gasteiger partial charge in [0.25, 0.3) is 0 Å². The van der Waals surface area contributed by atoms with Crippen molar-refractivity contribution in [3.63, 3.8) is 0 Å². The second-order valence-corrected chi connectivity index (χ2v) is 4.85. The van der Waals surface area contributed by atoms with E-state index in [-0.39, 0.29) is 16.5 Å². The lowest BCUT2D eigenvalue weighted by molar-refractivity contribution is 0.173. The first-order valence-corrected chi connectivity index (χ1v) is 6.23. The molecule has 0 aliphatic heterocycles. The summed E-state index contributed by atoms with van der Waals surface area (Å²) in [6, 6.07) is 11.2. The van der Waals surface area contributed by atoms with Crippen LogP contribution in [0, 0.1) is 11.6 Å².